The molecule has 2 nitrogen and oxygen atoms in total. The van der Waals surface area contributed by atoms with Crippen LogP contribution in [0.15, 0.2) is 16.6 Å². The van der Waals surface area contributed by atoms with Crippen LogP contribution in [0.25, 0.3) is 0 Å². The van der Waals surface area contributed by atoms with Crippen LogP contribution in [0.4, 0.5) is 0 Å². The Bertz CT molecular complexity index is 451. The fraction of sp³-hybridized carbons (Fsp3) is 0.500. The summed E-state index contributed by atoms with van der Waals surface area (Å²) in [5.74, 6) is 0.393. The van der Waals surface area contributed by atoms with E-state index in [9.17, 15) is 0 Å². The van der Waals surface area contributed by atoms with Crippen molar-refractivity contribution in [3.63, 3.8) is 0 Å². The maximum atomic E-state index is 6.23. The zero-order chi connectivity index (χ0) is 11.3. The number of hydrogen-bond donors (Lipinski definition) is 1. The summed E-state index contributed by atoms with van der Waals surface area (Å²) >= 11 is 9.86. The fourth-order valence-electron chi connectivity index (χ4n) is 2.73. The zero-order valence-corrected chi connectivity index (χ0v) is 11.4. The van der Waals surface area contributed by atoms with Crippen LogP contribution < -0.4 is 5.32 Å². The second-order valence-corrected chi connectivity index (χ2v) is 5.97. The van der Waals surface area contributed by atoms with Gasteiger partial charge in [0.2, 0.25) is 0 Å². The van der Waals surface area contributed by atoms with Crippen molar-refractivity contribution in [2.24, 2.45) is 0 Å². The number of benzene rings is 1. The Kier molecular flexibility index (Phi) is 2.55. The van der Waals surface area contributed by atoms with Crippen LogP contribution in [-0.4, -0.2) is 18.7 Å². The average Bonchev–Trinajstić information content (AvgIpc) is 2.64. The number of fused-ring (bicyclic) bond motifs is 3. The van der Waals surface area contributed by atoms with Gasteiger partial charge in [-0.05, 0) is 24.6 Å². The van der Waals surface area contributed by atoms with Crippen LogP contribution in [-0.2, 0) is 11.3 Å². The summed E-state index contributed by atoms with van der Waals surface area (Å²) < 4.78 is 7.13. The molecule has 1 N–H and O–H groups in total. The Morgan fingerprint density at radius 2 is 2.38 bits per heavy atom. The number of rotatable bonds is 0. The highest BCUT2D eigenvalue weighted by Gasteiger charge is 2.45. The van der Waals surface area contributed by atoms with Crippen molar-refractivity contribution in [1.29, 1.82) is 0 Å². The van der Waals surface area contributed by atoms with E-state index >= 15 is 0 Å². The summed E-state index contributed by atoms with van der Waals surface area (Å²) in [5.41, 5.74) is 2.38. The number of hydrogen-bond acceptors (Lipinski definition) is 2. The lowest BCUT2D eigenvalue weighted by atomic mass is 9.81. The topological polar surface area (TPSA) is 21.3 Å². The predicted molar refractivity (Wildman–Crippen MR) is 68.0 cm³/mol. The predicted octanol–water partition coefficient (Wildman–Crippen LogP) is 3.08. The fourth-order valence-corrected chi connectivity index (χ4v) is 3.60. The van der Waals surface area contributed by atoms with E-state index in [1.807, 2.05) is 12.1 Å². The molecule has 0 radical (unpaired) electrons. The Balaban J connectivity index is 2.19. The van der Waals surface area contributed by atoms with Crippen molar-refractivity contribution in [2.45, 2.75) is 25.0 Å². The average molecular weight is 303 g/mol. The standard InChI is InChI=1S/C12H13BrClNO/c1-12-6-15-4-8(12)11-7(5-16-12)10(14)3-2-9(11)13/h2-3,8,15H,4-6H2,1H3. The zero-order valence-electron chi connectivity index (χ0n) is 9.02. The third kappa shape index (κ3) is 1.46. The van der Waals surface area contributed by atoms with Gasteiger partial charge in [-0.1, -0.05) is 27.5 Å². The van der Waals surface area contributed by atoms with Crippen molar-refractivity contribution in [3.8, 4) is 0 Å². The van der Waals surface area contributed by atoms with Gasteiger partial charge >= 0.3 is 0 Å². The maximum absolute atomic E-state index is 6.23. The molecule has 0 saturated carbocycles. The first kappa shape index (κ1) is 11.0. The third-order valence-electron chi connectivity index (χ3n) is 3.70. The largest absolute Gasteiger partial charge is 0.369 e. The van der Waals surface area contributed by atoms with Gasteiger partial charge in [0.1, 0.15) is 0 Å². The smallest absolute Gasteiger partial charge is 0.0863 e. The van der Waals surface area contributed by atoms with Crippen LogP contribution in [0.5, 0.6) is 0 Å². The Morgan fingerprint density at radius 3 is 3.19 bits per heavy atom. The SMILES string of the molecule is CC12CNCC1c1c(Br)ccc(Cl)c1CO2. The van der Waals surface area contributed by atoms with E-state index < -0.39 is 0 Å². The van der Waals surface area contributed by atoms with Gasteiger partial charge in [0.15, 0.2) is 0 Å². The molecular weight excluding hydrogens is 289 g/mol. The first-order chi connectivity index (χ1) is 7.62. The summed E-state index contributed by atoms with van der Waals surface area (Å²) in [6.45, 7) is 4.66. The maximum Gasteiger partial charge on any atom is 0.0863 e. The molecule has 0 aromatic heterocycles. The number of nitrogens with one attached hydrogen (secondary N) is 1. The van der Waals surface area contributed by atoms with Crippen LogP contribution in [0.3, 0.4) is 0 Å². The Morgan fingerprint density at radius 1 is 1.56 bits per heavy atom. The van der Waals surface area contributed by atoms with Gasteiger partial charge in [-0.3, -0.25) is 0 Å². The summed E-state index contributed by atoms with van der Waals surface area (Å²) in [6, 6.07) is 3.96. The molecule has 2 unspecified atom stereocenters. The molecule has 3 rings (SSSR count). The second kappa shape index (κ2) is 3.70. The lowest BCUT2D eigenvalue weighted by Crippen LogP contribution is -2.40. The van der Waals surface area contributed by atoms with Gasteiger partial charge in [0, 0.05) is 34.1 Å². The van der Waals surface area contributed by atoms with Crippen molar-refractivity contribution < 1.29 is 4.74 Å². The molecule has 1 saturated heterocycles. The molecule has 1 aromatic carbocycles. The molecule has 0 bridgehead atoms. The highest BCUT2D eigenvalue weighted by molar-refractivity contribution is 9.10. The minimum atomic E-state index is -0.0831. The Hall–Kier alpha value is -0.0900. The second-order valence-electron chi connectivity index (χ2n) is 4.71. The van der Waals surface area contributed by atoms with Crippen LogP contribution in [0.1, 0.15) is 24.0 Å². The van der Waals surface area contributed by atoms with E-state index in [-0.39, 0.29) is 5.60 Å². The third-order valence-corrected chi connectivity index (χ3v) is 4.75. The molecule has 2 heterocycles. The van der Waals surface area contributed by atoms with Crippen LogP contribution >= 0.6 is 27.5 Å². The van der Waals surface area contributed by atoms with Crippen LogP contribution in [0.2, 0.25) is 5.02 Å². The molecule has 2 aliphatic heterocycles. The minimum Gasteiger partial charge on any atom is -0.369 e. The van der Waals surface area contributed by atoms with Gasteiger partial charge in [-0.25, -0.2) is 0 Å². The molecule has 0 amide bonds. The highest BCUT2D eigenvalue weighted by atomic mass is 79.9. The van der Waals surface area contributed by atoms with Crippen molar-refractivity contribution in [2.75, 3.05) is 13.1 Å². The molecule has 2 aliphatic rings. The quantitative estimate of drug-likeness (QED) is 0.795. The van der Waals surface area contributed by atoms with Gasteiger partial charge in [-0.15, -0.1) is 0 Å². The first-order valence-corrected chi connectivity index (χ1v) is 6.60. The lowest BCUT2D eigenvalue weighted by molar-refractivity contribution is -0.0519. The van der Waals surface area contributed by atoms with E-state index in [2.05, 4.69) is 28.2 Å². The van der Waals surface area contributed by atoms with E-state index in [1.54, 1.807) is 0 Å². The molecule has 4 heteroatoms. The molecule has 0 aliphatic carbocycles. The monoisotopic (exact) mass is 301 g/mol. The summed E-state index contributed by atoms with van der Waals surface area (Å²) in [7, 11) is 0. The molecule has 2 atom stereocenters. The molecule has 16 heavy (non-hydrogen) atoms. The van der Waals surface area contributed by atoms with Gasteiger partial charge < -0.3 is 10.1 Å². The summed E-state index contributed by atoms with van der Waals surface area (Å²) in [4.78, 5) is 0. The molecule has 86 valence electrons. The minimum absolute atomic E-state index is 0.0831. The number of halogens is 2. The highest BCUT2D eigenvalue weighted by Crippen LogP contribution is 2.46. The number of ether oxygens (including phenoxy) is 1. The van der Waals surface area contributed by atoms with E-state index in [0.29, 0.717) is 12.5 Å². The van der Waals surface area contributed by atoms with E-state index in [1.165, 1.54) is 5.56 Å². The first-order valence-electron chi connectivity index (χ1n) is 5.43. The normalized spacial score (nSPS) is 32.3. The summed E-state index contributed by atoms with van der Waals surface area (Å²) in [6.07, 6.45) is 0. The van der Waals surface area contributed by atoms with Crippen LogP contribution in [0, 0.1) is 0 Å². The lowest BCUT2D eigenvalue weighted by Gasteiger charge is -2.38. The van der Waals surface area contributed by atoms with Gasteiger partial charge in [-0.2, -0.15) is 0 Å². The molecule has 0 spiro atoms. The van der Waals surface area contributed by atoms with Crippen molar-refractivity contribution in [1.82, 2.24) is 5.32 Å². The van der Waals surface area contributed by atoms with Gasteiger partial charge in [0.25, 0.3) is 0 Å². The molecular formula is C12H13BrClNO. The molecule has 1 fully saturated rings. The van der Waals surface area contributed by atoms with E-state index in [4.69, 9.17) is 16.3 Å². The Labute approximate surface area is 108 Å². The van der Waals surface area contributed by atoms with Gasteiger partial charge in [0.05, 0.1) is 12.2 Å². The van der Waals surface area contributed by atoms with Crippen molar-refractivity contribution >= 4 is 27.5 Å². The van der Waals surface area contributed by atoms with Crippen molar-refractivity contribution in [3.05, 3.63) is 32.8 Å². The van der Waals surface area contributed by atoms with E-state index in [0.717, 1.165) is 28.1 Å². The molecule has 1 aromatic rings. The summed E-state index contributed by atoms with van der Waals surface area (Å²) in [5, 5.41) is 4.22.